The summed E-state index contributed by atoms with van der Waals surface area (Å²) in [5, 5.41) is 10.1. The highest BCUT2D eigenvalue weighted by Gasteiger charge is 2.18. The lowest BCUT2D eigenvalue weighted by Crippen LogP contribution is -2.18. The van der Waals surface area contributed by atoms with E-state index in [0.29, 0.717) is 4.90 Å². The Kier molecular flexibility index (Phi) is 5.62. The van der Waals surface area contributed by atoms with Gasteiger partial charge in [-0.15, -0.1) is 0 Å². The number of hydrogen-bond donors (Lipinski definition) is 0. The first-order valence-electron chi connectivity index (χ1n) is 5.76. The Morgan fingerprint density at radius 3 is 2.47 bits per heavy atom. The standard InChI is InChI=1S/C12H15NO5S/c1-3-18-12(14)8-9(2)19(17)11-6-4-10(5-7-11)13(15)16/h4-7,9H,3,8H2,1-2H3. The van der Waals surface area contributed by atoms with Crippen LogP contribution in [0.3, 0.4) is 0 Å². The first-order valence-corrected chi connectivity index (χ1v) is 6.97. The van der Waals surface area contributed by atoms with Crippen LogP contribution in [0.4, 0.5) is 5.69 Å². The summed E-state index contributed by atoms with van der Waals surface area (Å²) < 4.78 is 16.9. The average Bonchev–Trinajstić information content (AvgIpc) is 2.38. The van der Waals surface area contributed by atoms with E-state index in [-0.39, 0.29) is 18.7 Å². The quantitative estimate of drug-likeness (QED) is 0.453. The van der Waals surface area contributed by atoms with Gasteiger partial charge < -0.3 is 4.74 Å². The molecule has 0 bridgehead atoms. The van der Waals surface area contributed by atoms with Gasteiger partial charge in [-0.3, -0.25) is 19.1 Å². The second-order valence-electron chi connectivity index (χ2n) is 3.87. The van der Waals surface area contributed by atoms with Crippen molar-refractivity contribution in [3.8, 4) is 0 Å². The first kappa shape index (κ1) is 15.3. The van der Waals surface area contributed by atoms with Crippen molar-refractivity contribution in [2.75, 3.05) is 6.61 Å². The molecule has 1 rings (SSSR count). The molecule has 1 aromatic rings. The smallest absolute Gasteiger partial charge is 0.306 e. The van der Waals surface area contributed by atoms with Crippen molar-refractivity contribution in [2.45, 2.75) is 30.4 Å². The minimum absolute atomic E-state index is 0.0530. The lowest BCUT2D eigenvalue weighted by Gasteiger charge is -2.10. The molecule has 0 N–H and O–H groups in total. The normalized spacial score (nSPS) is 13.6. The molecule has 6 nitrogen and oxygen atoms in total. The molecule has 19 heavy (non-hydrogen) atoms. The molecule has 0 aliphatic heterocycles. The summed E-state index contributed by atoms with van der Waals surface area (Å²) >= 11 is 0. The van der Waals surface area contributed by atoms with Gasteiger partial charge in [-0.05, 0) is 26.0 Å². The fourth-order valence-electron chi connectivity index (χ4n) is 1.46. The van der Waals surface area contributed by atoms with Crippen molar-refractivity contribution >= 4 is 22.5 Å². The number of hydrogen-bond acceptors (Lipinski definition) is 5. The second kappa shape index (κ2) is 6.98. The zero-order valence-corrected chi connectivity index (χ0v) is 11.5. The van der Waals surface area contributed by atoms with Crippen molar-refractivity contribution in [3.05, 3.63) is 34.4 Å². The van der Waals surface area contributed by atoms with Gasteiger partial charge in [-0.2, -0.15) is 0 Å². The van der Waals surface area contributed by atoms with E-state index in [2.05, 4.69) is 0 Å². The Bertz CT molecular complexity index is 485. The molecule has 0 amide bonds. The molecular weight excluding hydrogens is 270 g/mol. The van der Waals surface area contributed by atoms with Crippen LogP contribution >= 0.6 is 0 Å². The maximum Gasteiger partial charge on any atom is 0.306 e. The number of ether oxygens (including phenoxy) is 1. The van der Waals surface area contributed by atoms with Gasteiger partial charge in [0.2, 0.25) is 0 Å². The largest absolute Gasteiger partial charge is 0.466 e. The predicted octanol–water partition coefficient (Wildman–Crippen LogP) is 2.04. The Morgan fingerprint density at radius 1 is 1.42 bits per heavy atom. The highest BCUT2D eigenvalue weighted by atomic mass is 32.2. The summed E-state index contributed by atoms with van der Waals surface area (Å²) in [6.45, 7) is 3.67. The maximum absolute atomic E-state index is 12.1. The number of benzene rings is 1. The summed E-state index contributed by atoms with van der Waals surface area (Å²) in [4.78, 5) is 21.7. The van der Waals surface area contributed by atoms with Crippen LogP contribution < -0.4 is 0 Å². The molecule has 0 saturated heterocycles. The fraction of sp³-hybridized carbons (Fsp3) is 0.417. The van der Waals surface area contributed by atoms with Crippen molar-refractivity contribution in [3.63, 3.8) is 0 Å². The number of carbonyl (C=O) groups excluding carboxylic acids is 1. The van der Waals surface area contributed by atoms with E-state index in [1.54, 1.807) is 13.8 Å². The van der Waals surface area contributed by atoms with E-state index < -0.39 is 26.9 Å². The number of rotatable bonds is 6. The number of carbonyl (C=O) groups is 1. The van der Waals surface area contributed by atoms with Crippen molar-refractivity contribution < 1.29 is 18.7 Å². The van der Waals surface area contributed by atoms with E-state index in [9.17, 15) is 19.1 Å². The van der Waals surface area contributed by atoms with Gasteiger partial charge >= 0.3 is 5.97 Å². The van der Waals surface area contributed by atoms with Gasteiger partial charge in [-0.1, -0.05) is 0 Å². The summed E-state index contributed by atoms with van der Waals surface area (Å²) in [5.74, 6) is -0.398. The molecule has 0 saturated carbocycles. The average molecular weight is 285 g/mol. The molecule has 104 valence electrons. The molecule has 0 spiro atoms. The van der Waals surface area contributed by atoms with Gasteiger partial charge in [0.05, 0.1) is 28.8 Å². The van der Waals surface area contributed by atoms with E-state index >= 15 is 0 Å². The zero-order chi connectivity index (χ0) is 14.4. The molecule has 0 aromatic heterocycles. The van der Waals surface area contributed by atoms with Gasteiger partial charge in [0.1, 0.15) is 0 Å². The molecule has 0 fully saturated rings. The summed E-state index contributed by atoms with van der Waals surface area (Å²) in [6, 6.07) is 5.47. The van der Waals surface area contributed by atoms with Crippen molar-refractivity contribution in [1.82, 2.24) is 0 Å². The third-order valence-corrected chi connectivity index (χ3v) is 4.04. The highest BCUT2D eigenvalue weighted by molar-refractivity contribution is 7.85. The molecule has 2 atom stereocenters. The highest BCUT2D eigenvalue weighted by Crippen LogP contribution is 2.18. The van der Waals surface area contributed by atoms with Crippen molar-refractivity contribution in [1.29, 1.82) is 0 Å². The fourth-order valence-corrected chi connectivity index (χ4v) is 2.62. The van der Waals surface area contributed by atoms with E-state index in [4.69, 9.17) is 4.74 Å². The van der Waals surface area contributed by atoms with Crippen LogP contribution in [0, 0.1) is 10.1 Å². The first-order chi connectivity index (χ1) is 8.95. The lowest BCUT2D eigenvalue weighted by molar-refractivity contribution is -0.384. The van der Waals surface area contributed by atoms with E-state index in [1.165, 1.54) is 24.3 Å². The van der Waals surface area contributed by atoms with Crippen molar-refractivity contribution in [2.24, 2.45) is 0 Å². The number of nitro benzene ring substituents is 1. The van der Waals surface area contributed by atoms with Crippen LogP contribution in [-0.4, -0.2) is 27.0 Å². The van der Waals surface area contributed by atoms with Gasteiger partial charge in [-0.25, -0.2) is 0 Å². The van der Waals surface area contributed by atoms with Crippen LogP contribution in [0.1, 0.15) is 20.3 Å². The number of nitrogens with zero attached hydrogens (tertiary/aromatic N) is 1. The minimum Gasteiger partial charge on any atom is -0.466 e. The minimum atomic E-state index is -1.40. The molecule has 7 heteroatoms. The third kappa shape index (κ3) is 4.44. The zero-order valence-electron chi connectivity index (χ0n) is 10.7. The Balaban J connectivity index is 2.71. The van der Waals surface area contributed by atoms with Gasteiger partial charge in [0.15, 0.2) is 0 Å². The SMILES string of the molecule is CCOC(=O)CC(C)S(=O)c1ccc([N+](=O)[O-])cc1. The van der Waals surface area contributed by atoms with Crippen LogP contribution in [0.15, 0.2) is 29.2 Å². The predicted molar refractivity (Wildman–Crippen MR) is 70.2 cm³/mol. The molecular formula is C12H15NO5S. The summed E-state index contributed by atoms with van der Waals surface area (Å²) in [5.41, 5.74) is -0.0567. The van der Waals surface area contributed by atoms with Gasteiger partial charge in [0, 0.05) is 22.3 Å². The monoisotopic (exact) mass is 285 g/mol. The molecule has 0 aliphatic carbocycles. The van der Waals surface area contributed by atoms with Crippen LogP contribution in [0.25, 0.3) is 0 Å². The van der Waals surface area contributed by atoms with Gasteiger partial charge in [0.25, 0.3) is 5.69 Å². The Labute approximate surface area is 113 Å². The molecule has 0 radical (unpaired) electrons. The summed E-state index contributed by atoms with van der Waals surface area (Å²) in [7, 11) is -1.40. The number of nitro groups is 1. The van der Waals surface area contributed by atoms with E-state index in [0.717, 1.165) is 0 Å². The Hall–Kier alpha value is -1.76. The van der Waals surface area contributed by atoms with Crippen LogP contribution in [0.2, 0.25) is 0 Å². The molecule has 2 unspecified atom stereocenters. The van der Waals surface area contributed by atoms with E-state index in [1.807, 2.05) is 0 Å². The number of esters is 1. The van der Waals surface area contributed by atoms with Crippen LogP contribution in [-0.2, 0) is 20.3 Å². The van der Waals surface area contributed by atoms with Crippen LogP contribution in [0.5, 0.6) is 0 Å². The lowest BCUT2D eigenvalue weighted by atomic mass is 10.3. The Morgan fingerprint density at radius 2 is 2.00 bits per heavy atom. The number of non-ortho nitro benzene ring substituents is 1. The maximum atomic E-state index is 12.1. The summed E-state index contributed by atoms with van der Waals surface area (Å²) in [6.07, 6.45) is 0.0530. The molecule has 0 heterocycles. The topological polar surface area (TPSA) is 86.5 Å². The second-order valence-corrected chi connectivity index (χ2v) is 5.74. The third-order valence-electron chi connectivity index (χ3n) is 2.40. The molecule has 1 aromatic carbocycles. The molecule has 0 aliphatic rings.